The molecule has 1 heterocycles. The topological polar surface area (TPSA) is 34.2 Å². The fourth-order valence-corrected chi connectivity index (χ4v) is 2.57. The summed E-state index contributed by atoms with van der Waals surface area (Å²) < 4.78 is 42.6. The van der Waals surface area contributed by atoms with E-state index in [1.165, 1.54) is 13.3 Å². The smallest absolute Gasteiger partial charge is 0.377 e. The third kappa shape index (κ3) is 3.17. The number of hydrogen-bond donors (Lipinski definition) is 1. The third-order valence-electron chi connectivity index (χ3n) is 2.56. The van der Waals surface area contributed by atoms with E-state index in [1.807, 2.05) is 0 Å². The van der Waals surface area contributed by atoms with Crippen molar-refractivity contribution >= 4 is 11.3 Å². The summed E-state index contributed by atoms with van der Waals surface area (Å²) in [5, 5.41) is 2.12. The summed E-state index contributed by atoms with van der Waals surface area (Å²) in [6.07, 6.45) is -3.14. The zero-order valence-corrected chi connectivity index (χ0v) is 10.9. The van der Waals surface area contributed by atoms with Crippen molar-refractivity contribution in [2.45, 2.75) is 31.7 Å². The molecular formula is C10H15F3N2OS. The molecule has 98 valence electrons. The van der Waals surface area contributed by atoms with Crippen LogP contribution >= 0.6 is 11.3 Å². The molecule has 7 heteroatoms. The normalized spacial score (nSPS) is 15.0. The van der Waals surface area contributed by atoms with E-state index in [9.17, 15) is 13.2 Å². The highest BCUT2D eigenvalue weighted by atomic mass is 32.1. The molecule has 0 aliphatic rings. The maximum absolute atomic E-state index is 12.4. The molecular weight excluding hydrogens is 253 g/mol. The average molecular weight is 268 g/mol. The first-order valence-electron chi connectivity index (χ1n) is 4.97. The van der Waals surface area contributed by atoms with Gasteiger partial charge >= 0.3 is 6.18 Å². The molecule has 1 aromatic heterocycles. The molecule has 0 aliphatic heterocycles. The Labute approximate surface area is 102 Å². The number of nitrogens with one attached hydrogen (secondary N) is 1. The second-order valence-corrected chi connectivity index (χ2v) is 5.16. The van der Waals surface area contributed by atoms with Gasteiger partial charge in [-0.1, -0.05) is 0 Å². The van der Waals surface area contributed by atoms with E-state index in [0.29, 0.717) is 16.2 Å². The van der Waals surface area contributed by atoms with Crippen LogP contribution in [0.5, 0.6) is 0 Å². The van der Waals surface area contributed by atoms with Crippen LogP contribution in [0.15, 0.2) is 6.20 Å². The first-order valence-corrected chi connectivity index (χ1v) is 5.79. The van der Waals surface area contributed by atoms with E-state index in [2.05, 4.69) is 10.3 Å². The summed E-state index contributed by atoms with van der Waals surface area (Å²) in [7, 11) is 3.20. The SMILES string of the molecule is CNC(c1cnc(C(F)(F)F)s1)C(C)(C)OC. The van der Waals surface area contributed by atoms with Crippen molar-refractivity contribution in [3.05, 3.63) is 16.1 Å². The Balaban J connectivity index is 3.03. The molecule has 1 rings (SSSR count). The molecule has 0 fully saturated rings. The highest BCUT2D eigenvalue weighted by Crippen LogP contribution is 2.37. The van der Waals surface area contributed by atoms with Gasteiger partial charge in [0.1, 0.15) is 0 Å². The number of methoxy groups -OCH3 is 1. The molecule has 0 aliphatic carbocycles. The second-order valence-electron chi connectivity index (χ2n) is 4.09. The maximum atomic E-state index is 12.4. The molecule has 1 atom stereocenters. The van der Waals surface area contributed by atoms with Gasteiger partial charge in [0.25, 0.3) is 0 Å². The van der Waals surface area contributed by atoms with Gasteiger partial charge in [0, 0.05) is 18.2 Å². The Kier molecular flexibility index (Phi) is 4.16. The van der Waals surface area contributed by atoms with Crippen LogP contribution in [0.2, 0.25) is 0 Å². The standard InChI is InChI=1S/C10H15F3N2OS/c1-9(2,16-4)7(14-3)6-5-15-8(17-6)10(11,12)13/h5,7,14H,1-4H3. The highest BCUT2D eigenvalue weighted by molar-refractivity contribution is 7.11. The van der Waals surface area contributed by atoms with Crippen LogP contribution in [0, 0.1) is 0 Å². The van der Waals surface area contributed by atoms with Crippen LogP contribution in [0.25, 0.3) is 0 Å². The highest BCUT2D eigenvalue weighted by Gasteiger charge is 2.37. The molecule has 1 unspecified atom stereocenters. The lowest BCUT2D eigenvalue weighted by atomic mass is 9.98. The number of rotatable bonds is 4. The fraction of sp³-hybridized carbons (Fsp3) is 0.700. The first-order chi connectivity index (χ1) is 7.72. The van der Waals surface area contributed by atoms with E-state index in [1.54, 1.807) is 20.9 Å². The van der Waals surface area contributed by atoms with Crippen LogP contribution in [0.4, 0.5) is 13.2 Å². The second kappa shape index (κ2) is 4.91. The quantitative estimate of drug-likeness (QED) is 0.911. The Morgan fingerprint density at radius 2 is 2.00 bits per heavy atom. The number of alkyl halides is 3. The van der Waals surface area contributed by atoms with Crippen molar-refractivity contribution in [1.29, 1.82) is 0 Å². The lowest BCUT2D eigenvalue weighted by Crippen LogP contribution is -2.38. The average Bonchev–Trinajstić information content (AvgIpc) is 2.67. The van der Waals surface area contributed by atoms with E-state index in [0.717, 1.165) is 0 Å². The molecule has 0 saturated carbocycles. The van der Waals surface area contributed by atoms with Crippen LogP contribution in [-0.4, -0.2) is 24.7 Å². The predicted octanol–water partition coefficient (Wildman–Crippen LogP) is 2.85. The van der Waals surface area contributed by atoms with Gasteiger partial charge in [-0.2, -0.15) is 13.2 Å². The van der Waals surface area contributed by atoms with Crippen molar-refractivity contribution in [2.75, 3.05) is 14.2 Å². The molecule has 0 aromatic carbocycles. The monoisotopic (exact) mass is 268 g/mol. The Hall–Kier alpha value is -0.660. The van der Waals surface area contributed by atoms with E-state index in [4.69, 9.17) is 4.74 Å². The minimum Gasteiger partial charge on any atom is -0.377 e. The van der Waals surface area contributed by atoms with E-state index < -0.39 is 16.8 Å². The molecule has 0 amide bonds. The van der Waals surface area contributed by atoms with Crippen molar-refractivity contribution in [1.82, 2.24) is 10.3 Å². The summed E-state index contributed by atoms with van der Waals surface area (Å²) in [5.41, 5.74) is -0.607. The van der Waals surface area contributed by atoms with Gasteiger partial charge < -0.3 is 10.1 Å². The number of likely N-dealkylation sites (N-methyl/N-ethyl adjacent to an activating group) is 1. The summed E-state index contributed by atoms with van der Waals surface area (Å²) in [4.78, 5) is 3.91. The van der Waals surface area contributed by atoms with E-state index in [-0.39, 0.29) is 6.04 Å². The van der Waals surface area contributed by atoms with Gasteiger partial charge in [-0.3, -0.25) is 0 Å². The first kappa shape index (κ1) is 14.4. The summed E-state index contributed by atoms with van der Waals surface area (Å²) >= 11 is 0.636. The molecule has 0 bridgehead atoms. The molecule has 1 aromatic rings. The Bertz CT molecular complexity index is 376. The lowest BCUT2D eigenvalue weighted by molar-refractivity contribution is -0.137. The molecule has 3 nitrogen and oxygen atoms in total. The summed E-state index contributed by atoms with van der Waals surface area (Å²) in [6, 6.07) is -0.332. The van der Waals surface area contributed by atoms with Gasteiger partial charge in [-0.25, -0.2) is 4.98 Å². The number of halogens is 3. The van der Waals surface area contributed by atoms with Crippen LogP contribution in [0.3, 0.4) is 0 Å². The predicted molar refractivity (Wildman–Crippen MR) is 60.0 cm³/mol. The molecule has 0 radical (unpaired) electrons. The zero-order valence-electron chi connectivity index (χ0n) is 10.1. The van der Waals surface area contributed by atoms with E-state index >= 15 is 0 Å². The van der Waals surface area contributed by atoms with Gasteiger partial charge in [0.05, 0.1) is 11.6 Å². The van der Waals surface area contributed by atoms with Crippen molar-refractivity contribution in [3.63, 3.8) is 0 Å². The molecule has 0 saturated heterocycles. The van der Waals surface area contributed by atoms with Crippen LogP contribution < -0.4 is 5.32 Å². The third-order valence-corrected chi connectivity index (χ3v) is 3.67. The summed E-state index contributed by atoms with van der Waals surface area (Å²) in [5.74, 6) is 0. The number of hydrogen-bond acceptors (Lipinski definition) is 4. The number of aromatic nitrogens is 1. The van der Waals surface area contributed by atoms with Crippen molar-refractivity contribution < 1.29 is 17.9 Å². The zero-order chi connectivity index (χ0) is 13.3. The lowest BCUT2D eigenvalue weighted by Gasteiger charge is -2.31. The van der Waals surface area contributed by atoms with Crippen molar-refractivity contribution in [2.24, 2.45) is 0 Å². The Morgan fingerprint density at radius 3 is 2.35 bits per heavy atom. The number of nitrogens with zero attached hydrogens (tertiary/aromatic N) is 1. The largest absolute Gasteiger partial charge is 0.443 e. The van der Waals surface area contributed by atoms with Gasteiger partial charge in [-0.05, 0) is 20.9 Å². The fourth-order valence-electron chi connectivity index (χ4n) is 1.50. The van der Waals surface area contributed by atoms with Gasteiger partial charge in [0.2, 0.25) is 0 Å². The molecule has 0 spiro atoms. The summed E-state index contributed by atoms with van der Waals surface area (Å²) in [6.45, 7) is 3.61. The molecule has 1 N–H and O–H groups in total. The maximum Gasteiger partial charge on any atom is 0.443 e. The van der Waals surface area contributed by atoms with Gasteiger partial charge in [-0.15, -0.1) is 11.3 Å². The number of ether oxygens (including phenoxy) is 1. The number of thiazole rings is 1. The molecule has 17 heavy (non-hydrogen) atoms. The van der Waals surface area contributed by atoms with Crippen LogP contribution in [-0.2, 0) is 10.9 Å². The van der Waals surface area contributed by atoms with Crippen molar-refractivity contribution in [3.8, 4) is 0 Å². The Morgan fingerprint density at radius 1 is 1.41 bits per heavy atom. The van der Waals surface area contributed by atoms with Gasteiger partial charge in [0.15, 0.2) is 5.01 Å². The minimum absolute atomic E-state index is 0.332. The van der Waals surface area contributed by atoms with Crippen LogP contribution in [0.1, 0.15) is 29.8 Å². The minimum atomic E-state index is -4.39.